The molecule has 0 radical (unpaired) electrons. The van der Waals surface area contributed by atoms with E-state index in [-0.39, 0.29) is 36.5 Å². The number of alkyl carbamates (subject to hydrolysis) is 1. The maximum Gasteiger partial charge on any atom is 0.408 e. The third-order valence-electron chi connectivity index (χ3n) is 11.8. The van der Waals surface area contributed by atoms with Crippen molar-refractivity contribution in [3.8, 4) is 11.5 Å². The van der Waals surface area contributed by atoms with Crippen molar-refractivity contribution >= 4 is 23.0 Å². The van der Waals surface area contributed by atoms with Gasteiger partial charge in [0.2, 0.25) is 5.56 Å². The van der Waals surface area contributed by atoms with Crippen molar-refractivity contribution < 1.29 is 34.0 Å². The fourth-order valence-electron chi connectivity index (χ4n) is 8.39. The Bertz CT molecular complexity index is 2500. The molecule has 0 saturated carbocycles. The standard InChI is InChI=1S/C50H52N4O8/c55-43-21-19-41(42-20-22-46(57)52-48(42)43)44(56)30-51-29-34-13-11-33(12-14-34)6-5-27-60-49(58)38-17-15-35(16-18-38)32-61-40-10-4-9-39(28-40)47(37-7-2-1-3-8-37)53-50(59)62-45-31-54-25-23-36(45)24-26-54/h1-4,7-22,28,36,44-45,47,51,55-56H,5-6,23-27,29-32H2,(H,52,57)(H,53,59)/t44-,45+,47?/m1/s1. The Labute approximate surface area is 360 Å². The van der Waals surface area contributed by atoms with Crippen LogP contribution in [0, 0.1) is 5.92 Å². The van der Waals surface area contributed by atoms with Crippen LogP contribution in [0.2, 0.25) is 0 Å². The molecule has 3 saturated heterocycles. The number of aromatic amines is 1. The third kappa shape index (κ3) is 10.7. The molecule has 1 amide bonds. The molecule has 5 N–H and O–H groups in total. The molecule has 12 heteroatoms. The number of nitrogens with one attached hydrogen (secondary N) is 3. The minimum absolute atomic E-state index is 0.0451. The number of amides is 1. The molecular weight excluding hydrogens is 785 g/mol. The van der Waals surface area contributed by atoms with E-state index in [0.29, 0.717) is 53.3 Å². The van der Waals surface area contributed by atoms with E-state index in [1.54, 1.807) is 24.3 Å². The number of aliphatic hydroxyl groups is 1. The molecule has 62 heavy (non-hydrogen) atoms. The number of ether oxygens (including phenoxy) is 3. The molecule has 320 valence electrons. The van der Waals surface area contributed by atoms with E-state index in [0.717, 1.165) is 66.7 Å². The lowest BCUT2D eigenvalue weighted by molar-refractivity contribution is -0.0336. The fraction of sp³-hybridized carbons (Fsp3) is 0.300. The molecule has 2 bridgehead atoms. The van der Waals surface area contributed by atoms with Crippen LogP contribution >= 0.6 is 0 Å². The van der Waals surface area contributed by atoms with Crippen molar-refractivity contribution in [1.29, 1.82) is 0 Å². The van der Waals surface area contributed by atoms with E-state index < -0.39 is 18.2 Å². The van der Waals surface area contributed by atoms with E-state index in [9.17, 15) is 24.6 Å². The summed E-state index contributed by atoms with van der Waals surface area (Å²) >= 11 is 0. The zero-order valence-electron chi connectivity index (χ0n) is 34.5. The Balaban J connectivity index is 0.762. The number of carbonyl (C=O) groups excluding carboxylic acids is 2. The number of piperidine rings is 3. The minimum Gasteiger partial charge on any atom is -0.506 e. The largest absolute Gasteiger partial charge is 0.506 e. The Morgan fingerprint density at radius 1 is 0.823 bits per heavy atom. The highest BCUT2D eigenvalue weighted by Gasteiger charge is 2.37. The van der Waals surface area contributed by atoms with Crippen LogP contribution in [-0.4, -0.2) is 71.0 Å². The van der Waals surface area contributed by atoms with Crippen LogP contribution in [0.3, 0.4) is 0 Å². The van der Waals surface area contributed by atoms with Gasteiger partial charge in [0.05, 0.1) is 29.8 Å². The topological polar surface area (TPSA) is 162 Å². The van der Waals surface area contributed by atoms with Crippen LogP contribution in [0.15, 0.2) is 132 Å². The van der Waals surface area contributed by atoms with E-state index in [2.05, 4.69) is 20.5 Å². The number of hydrogen-bond acceptors (Lipinski definition) is 10. The molecule has 4 heterocycles. The predicted molar refractivity (Wildman–Crippen MR) is 236 cm³/mol. The van der Waals surface area contributed by atoms with Gasteiger partial charge in [-0.2, -0.15) is 0 Å². The van der Waals surface area contributed by atoms with Crippen LogP contribution in [0.1, 0.15) is 75.1 Å². The second-order valence-corrected chi connectivity index (χ2v) is 16.1. The molecule has 1 unspecified atom stereocenters. The number of aryl methyl sites for hydroxylation is 1. The number of aliphatic hydroxyl groups excluding tert-OH is 1. The summed E-state index contributed by atoms with van der Waals surface area (Å²) in [5, 5.41) is 27.9. The van der Waals surface area contributed by atoms with Gasteiger partial charge >= 0.3 is 12.1 Å². The lowest BCUT2D eigenvalue weighted by Crippen LogP contribution is -2.52. The Morgan fingerprint density at radius 2 is 1.56 bits per heavy atom. The predicted octanol–water partition coefficient (Wildman–Crippen LogP) is 7.34. The second-order valence-electron chi connectivity index (χ2n) is 16.1. The van der Waals surface area contributed by atoms with Crippen LogP contribution in [0.4, 0.5) is 4.79 Å². The number of carbonyl (C=O) groups is 2. The van der Waals surface area contributed by atoms with E-state index in [1.807, 2.05) is 91.0 Å². The molecule has 0 aliphatic carbocycles. The molecule has 12 nitrogen and oxygen atoms in total. The number of rotatable bonds is 17. The van der Waals surface area contributed by atoms with Crippen molar-refractivity contribution in [2.24, 2.45) is 5.92 Å². The summed E-state index contributed by atoms with van der Waals surface area (Å²) in [6, 6.07) is 38.6. The Hall–Kier alpha value is -6.47. The zero-order chi connectivity index (χ0) is 42.8. The highest BCUT2D eigenvalue weighted by Crippen LogP contribution is 2.31. The first-order valence-corrected chi connectivity index (χ1v) is 21.3. The van der Waals surface area contributed by atoms with Gasteiger partial charge < -0.3 is 40.0 Å². The number of fused-ring (bicyclic) bond motifs is 4. The maximum atomic E-state index is 13.2. The van der Waals surface area contributed by atoms with Crippen molar-refractivity contribution in [2.75, 3.05) is 32.8 Å². The number of phenols is 1. The summed E-state index contributed by atoms with van der Waals surface area (Å²) in [4.78, 5) is 42.7. The summed E-state index contributed by atoms with van der Waals surface area (Å²) in [7, 11) is 0. The van der Waals surface area contributed by atoms with Gasteiger partial charge in [0, 0.05) is 31.1 Å². The average Bonchev–Trinajstić information content (AvgIpc) is 3.30. The van der Waals surface area contributed by atoms with Crippen molar-refractivity contribution in [3.05, 3.63) is 177 Å². The summed E-state index contributed by atoms with van der Waals surface area (Å²) in [6.45, 7) is 4.37. The number of H-pyrrole nitrogens is 1. The minimum atomic E-state index is -0.838. The van der Waals surface area contributed by atoms with Crippen molar-refractivity contribution in [2.45, 2.75) is 57.1 Å². The normalized spacial score (nSPS) is 17.9. The monoisotopic (exact) mass is 836 g/mol. The lowest BCUT2D eigenvalue weighted by Gasteiger charge is -2.43. The maximum absolute atomic E-state index is 13.2. The first kappa shape index (κ1) is 42.2. The highest BCUT2D eigenvalue weighted by atomic mass is 16.6. The number of phenolic OH excluding ortho intramolecular Hbond substituents is 1. The lowest BCUT2D eigenvalue weighted by atomic mass is 9.86. The average molecular weight is 837 g/mol. The van der Waals surface area contributed by atoms with Crippen LogP contribution in [-0.2, 0) is 29.0 Å². The second kappa shape index (κ2) is 19.9. The molecule has 6 aromatic rings. The molecule has 5 aromatic carbocycles. The number of nitrogens with zero attached hydrogens (tertiary/aromatic N) is 1. The summed E-state index contributed by atoms with van der Waals surface area (Å²) in [6.07, 6.45) is 2.21. The molecule has 9 rings (SSSR count). The number of pyridine rings is 1. The van der Waals surface area contributed by atoms with Gasteiger partial charge in [0.25, 0.3) is 0 Å². The first-order chi connectivity index (χ1) is 30.3. The third-order valence-corrected chi connectivity index (χ3v) is 11.8. The molecule has 3 atom stereocenters. The quantitative estimate of drug-likeness (QED) is 0.0465. The smallest absolute Gasteiger partial charge is 0.408 e. The molecule has 0 spiro atoms. The van der Waals surface area contributed by atoms with Gasteiger partial charge in [-0.1, -0.05) is 84.9 Å². The highest BCUT2D eigenvalue weighted by molar-refractivity contribution is 5.89. The Morgan fingerprint density at radius 3 is 2.32 bits per heavy atom. The van der Waals surface area contributed by atoms with E-state index >= 15 is 0 Å². The van der Waals surface area contributed by atoms with Crippen LogP contribution in [0.5, 0.6) is 11.5 Å². The van der Waals surface area contributed by atoms with Gasteiger partial charge in [-0.15, -0.1) is 0 Å². The summed E-state index contributed by atoms with van der Waals surface area (Å²) < 4.78 is 17.7. The number of aromatic nitrogens is 1. The summed E-state index contributed by atoms with van der Waals surface area (Å²) in [5.74, 6) is 0.649. The molecular formula is C50H52N4O8. The fourth-order valence-corrected chi connectivity index (χ4v) is 8.39. The van der Waals surface area contributed by atoms with Crippen molar-refractivity contribution in [3.63, 3.8) is 0 Å². The SMILES string of the molecule is O=C(NC(c1ccccc1)c1cccc(OCc2ccc(C(=O)OCCCc3ccc(CNC[C@@H](O)c4ccc(O)c5[nH]c(=O)ccc45)cc3)cc2)c1)O[C@H]1CN2CCC1CC2. The molecule has 3 aliphatic heterocycles. The molecule has 3 fully saturated rings. The van der Waals surface area contributed by atoms with Gasteiger partial charge in [0.15, 0.2) is 0 Å². The van der Waals surface area contributed by atoms with E-state index in [4.69, 9.17) is 14.2 Å². The number of hydrogen-bond donors (Lipinski definition) is 5. The Kier molecular flexibility index (Phi) is 13.6. The van der Waals surface area contributed by atoms with Crippen molar-refractivity contribution in [1.82, 2.24) is 20.5 Å². The van der Waals surface area contributed by atoms with Gasteiger partial charge in [-0.25, -0.2) is 9.59 Å². The van der Waals surface area contributed by atoms with E-state index in [1.165, 1.54) is 12.1 Å². The number of aromatic hydroxyl groups is 1. The number of esters is 1. The number of benzene rings is 5. The van der Waals surface area contributed by atoms with Gasteiger partial charge in [-0.3, -0.25) is 9.69 Å². The first-order valence-electron chi connectivity index (χ1n) is 21.3. The molecule has 3 aliphatic rings. The van der Waals surface area contributed by atoms with Crippen LogP contribution in [0.25, 0.3) is 10.9 Å². The zero-order valence-corrected chi connectivity index (χ0v) is 34.5. The summed E-state index contributed by atoms with van der Waals surface area (Å²) in [5.41, 5.74) is 5.94. The van der Waals surface area contributed by atoms with Gasteiger partial charge in [-0.05, 0) is 114 Å². The van der Waals surface area contributed by atoms with Gasteiger partial charge in [0.1, 0.15) is 24.2 Å². The molecule has 1 aromatic heterocycles. The van der Waals surface area contributed by atoms with Crippen LogP contribution < -0.4 is 20.9 Å².